The first-order valence-electron chi connectivity index (χ1n) is 18.4. The third kappa shape index (κ3) is 11.0. The number of carbonyl (C=O) groups excluding carboxylic acids is 7. The Labute approximate surface area is 313 Å². The first-order valence-corrected chi connectivity index (χ1v) is 18.4. The van der Waals surface area contributed by atoms with Crippen LogP contribution in [0.25, 0.3) is 0 Å². The third-order valence-electron chi connectivity index (χ3n) is 10.0. The predicted octanol–water partition coefficient (Wildman–Crippen LogP) is 2.96. The Kier molecular flexibility index (Phi) is 13.9. The monoisotopic (exact) mass is 740 g/mol. The lowest BCUT2D eigenvalue weighted by atomic mass is 9.85. The van der Waals surface area contributed by atoms with Gasteiger partial charge in [-0.15, -0.1) is 0 Å². The summed E-state index contributed by atoms with van der Waals surface area (Å²) in [5.74, 6) is -4.21. The van der Waals surface area contributed by atoms with E-state index < -0.39 is 71.6 Å². The van der Waals surface area contributed by atoms with Gasteiger partial charge in [0.25, 0.3) is 5.91 Å². The Balaban J connectivity index is 1.75. The Hall–Kier alpha value is -4.49. The van der Waals surface area contributed by atoms with E-state index in [1.54, 1.807) is 44.4 Å². The highest BCUT2D eigenvalue weighted by Gasteiger charge is 2.70. The number of fused-ring (bicyclic) bond motifs is 1. The maximum atomic E-state index is 14.2. The van der Waals surface area contributed by atoms with Gasteiger partial charge in [-0.3, -0.25) is 28.8 Å². The van der Waals surface area contributed by atoms with Crippen LogP contribution in [0.1, 0.15) is 93.2 Å². The van der Waals surface area contributed by atoms with E-state index in [2.05, 4.69) is 21.3 Å². The zero-order valence-corrected chi connectivity index (χ0v) is 33.3. The van der Waals surface area contributed by atoms with Crippen LogP contribution in [0.3, 0.4) is 0 Å². The minimum atomic E-state index is -1.21. The molecule has 0 spiro atoms. The molecule has 14 heteroatoms. The molecule has 4 N–H and O–H groups in total. The number of likely N-dealkylation sites (N-methyl/N-ethyl adjacent to an activating group) is 1. The maximum Gasteiger partial charge on any atom is 0.407 e. The number of likely N-dealkylation sites (tertiary alicyclic amines) is 1. The molecule has 6 atom stereocenters. The molecular formula is C39H60N6O8. The fraction of sp³-hybridized carbons (Fsp3) is 0.667. The molecule has 1 saturated carbocycles. The van der Waals surface area contributed by atoms with E-state index in [0.717, 1.165) is 0 Å². The Morgan fingerprint density at radius 3 is 2.11 bits per heavy atom. The van der Waals surface area contributed by atoms with Crippen LogP contribution in [-0.2, 0) is 33.5 Å². The largest absolute Gasteiger partial charge is 0.449 e. The van der Waals surface area contributed by atoms with Crippen molar-refractivity contribution >= 4 is 41.4 Å². The molecule has 1 heterocycles. The summed E-state index contributed by atoms with van der Waals surface area (Å²) in [4.78, 5) is 96.4. The van der Waals surface area contributed by atoms with Gasteiger partial charge in [-0.2, -0.15) is 0 Å². The summed E-state index contributed by atoms with van der Waals surface area (Å²) < 4.78 is 5.40. The lowest BCUT2D eigenvalue weighted by molar-refractivity contribution is -0.145. The molecule has 2 aliphatic rings. The molecule has 2 fully saturated rings. The molecule has 0 radical (unpaired) electrons. The van der Waals surface area contributed by atoms with Gasteiger partial charge in [0, 0.05) is 20.6 Å². The molecule has 1 aliphatic heterocycles. The highest BCUT2D eigenvalue weighted by atomic mass is 16.5. The van der Waals surface area contributed by atoms with Gasteiger partial charge in [-0.05, 0) is 40.1 Å². The number of hydrogen-bond acceptors (Lipinski definition) is 8. The summed E-state index contributed by atoms with van der Waals surface area (Å²) in [6.07, 6.45) is 0.634. The number of piperidine rings is 1. The molecule has 1 aromatic carbocycles. The number of ether oxygens (including phenoxy) is 1. The average molecular weight is 741 g/mol. The summed E-state index contributed by atoms with van der Waals surface area (Å²) in [6.45, 7) is 17.0. The smallest absolute Gasteiger partial charge is 0.407 e. The van der Waals surface area contributed by atoms with Crippen molar-refractivity contribution in [2.75, 3.05) is 33.8 Å². The average Bonchev–Trinajstić information content (AvgIpc) is 3.38. The highest BCUT2D eigenvalue weighted by molar-refractivity contribution is 6.38. The van der Waals surface area contributed by atoms with Crippen LogP contribution in [0.4, 0.5) is 4.79 Å². The Morgan fingerprint density at radius 2 is 1.57 bits per heavy atom. The Bertz CT molecular complexity index is 1530. The number of carbonyl (C=O) groups is 7. The van der Waals surface area contributed by atoms with Crippen LogP contribution in [0.2, 0.25) is 0 Å². The van der Waals surface area contributed by atoms with Gasteiger partial charge in [0.15, 0.2) is 0 Å². The number of ketones is 1. The summed E-state index contributed by atoms with van der Waals surface area (Å²) >= 11 is 0. The summed E-state index contributed by atoms with van der Waals surface area (Å²) in [5.41, 5.74) is -0.702. The van der Waals surface area contributed by atoms with Crippen LogP contribution in [0.15, 0.2) is 30.3 Å². The normalized spacial score (nSPS) is 20.5. The molecule has 1 aliphatic carbocycles. The second kappa shape index (κ2) is 17.1. The van der Waals surface area contributed by atoms with Crippen molar-refractivity contribution in [3.05, 3.63) is 35.9 Å². The number of rotatable bonds is 15. The maximum absolute atomic E-state index is 14.2. The number of amides is 6. The molecular weight excluding hydrogens is 680 g/mol. The van der Waals surface area contributed by atoms with Gasteiger partial charge in [-0.1, -0.05) is 105 Å². The Morgan fingerprint density at radius 1 is 0.943 bits per heavy atom. The molecule has 0 bridgehead atoms. The molecule has 3 rings (SSSR count). The summed E-state index contributed by atoms with van der Waals surface area (Å²) in [5, 5.41) is 10.5. The topological polar surface area (TPSA) is 183 Å². The zero-order valence-electron chi connectivity index (χ0n) is 33.3. The molecule has 0 aromatic heterocycles. The van der Waals surface area contributed by atoms with Crippen molar-refractivity contribution < 1.29 is 38.3 Å². The molecule has 1 saturated heterocycles. The van der Waals surface area contributed by atoms with E-state index in [1.807, 2.05) is 62.3 Å². The molecule has 1 unspecified atom stereocenters. The first kappa shape index (κ1) is 42.9. The zero-order chi connectivity index (χ0) is 40.1. The number of benzene rings is 1. The third-order valence-corrected chi connectivity index (χ3v) is 10.0. The number of alkyl carbamates (subject to hydrolysis) is 1. The number of hydrogen-bond donors (Lipinski definition) is 4. The molecule has 14 nitrogen and oxygen atoms in total. The lowest BCUT2D eigenvalue weighted by Crippen LogP contribution is -2.60. The number of Topliss-reactive ketones (excluding diaryl/α,β-unsaturated/α-hetero) is 1. The highest BCUT2D eigenvalue weighted by Crippen LogP contribution is 2.65. The summed E-state index contributed by atoms with van der Waals surface area (Å²) in [7, 11) is 3.12. The van der Waals surface area contributed by atoms with Crippen LogP contribution >= 0.6 is 0 Å². The number of nitrogens with zero attached hydrogens (tertiary/aromatic N) is 2. The van der Waals surface area contributed by atoms with Gasteiger partial charge >= 0.3 is 6.09 Å². The van der Waals surface area contributed by atoms with E-state index in [1.165, 1.54) is 9.80 Å². The molecule has 1 aromatic rings. The van der Waals surface area contributed by atoms with Gasteiger partial charge in [0.05, 0.1) is 19.2 Å². The van der Waals surface area contributed by atoms with Crippen molar-refractivity contribution in [1.29, 1.82) is 0 Å². The summed E-state index contributed by atoms with van der Waals surface area (Å²) in [6, 6.07) is 4.49. The quantitative estimate of drug-likeness (QED) is 0.198. The van der Waals surface area contributed by atoms with Crippen molar-refractivity contribution in [3.63, 3.8) is 0 Å². The van der Waals surface area contributed by atoms with E-state index in [9.17, 15) is 33.6 Å². The van der Waals surface area contributed by atoms with Crippen molar-refractivity contribution in [3.8, 4) is 0 Å². The minimum absolute atomic E-state index is 0.0290. The van der Waals surface area contributed by atoms with Gasteiger partial charge < -0.3 is 35.8 Å². The van der Waals surface area contributed by atoms with Crippen LogP contribution in [0, 0.1) is 28.1 Å². The van der Waals surface area contributed by atoms with Crippen molar-refractivity contribution in [2.45, 2.75) is 106 Å². The van der Waals surface area contributed by atoms with Crippen molar-refractivity contribution in [1.82, 2.24) is 31.1 Å². The van der Waals surface area contributed by atoms with Gasteiger partial charge in [0.1, 0.15) is 18.1 Å². The van der Waals surface area contributed by atoms with Crippen molar-refractivity contribution in [2.24, 2.45) is 28.1 Å². The standard InChI is InChI=1S/C39H60N6O8/c1-12-13-19-25(30(47)33(49)40-20-26(46)42-28(34(50)44(10)11)23-17-15-14-16-18-23)41-32(48)29-27-24(39(27,8)9)21-45(29)35(51)31(38(5,6)7)43-36(52)53-22-37(2,3)4/h14-18,24-25,27-29,31H,12-13,19-22H2,1-11H3,(H,40,49)(H,41,48)(H,42,46)(H,43,52)/t24-,25?,27-,28-,29-,31+/m0/s1. The first-order chi connectivity index (χ1) is 24.5. The second-order valence-corrected chi connectivity index (χ2v) is 17.4. The van der Waals surface area contributed by atoms with Gasteiger partial charge in [-0.25, -0.2) is 4.79 Å². The van der Waals surface area contributed by atoms with E-state index in [0.29, 0.717) is 24.9 Å². The van der Waals surface area contributed by atoms with E-state index in [-0.39, 0.29) is 41.6 Å². The van der Waals surface area contributed by atoms with E-state index >= 15 is 0 Å². The molecule has 6 amide bonds. The fourth-order valence-electron chi connectivity index (χ4n) is 6.81. The number of unbranched alkanes of at least 4 members (excludes halogenated alkanes) is 1. The van der Waals surface area contributed by atoms with E-state index in [4.69, 9.17) is 4.74 Å². The predicted molar refractivity (Wildman–Crippen MR) is 199 cm³/mol. The fourth-order valence-corrected chi connectivity index (χ4v) is 6.81. The SMILES string of the molecule is CCCCC(NC(=O)[C@@H]1[C@@H]2[C@H](CN1C(=O)[C@@H](NC(=O)OCC(C)(C)C)C(C)(C)C)C2(C)C)C(=O)C(=O)NCC(=O)N[C@H](C(=O)N(C)C)c1ccccc1. The van der Waals surface area contributed by atoms with Gasteiger partial charge in [0.2, 0.25) is 29.4 Å². The second-order valence-electron chi connectivity index (χ2n) is 17.4. The molecule has 294 valence electrons. The number of nitrogens with one attached hydrogen (secondary N) is 4. The van der Waals surface area contributed by atoms with Crippen LogP contribution in [0.5, 0.6) is 0 Å². The molecule has 53 heavy (non-hydrogen) atoms. The minimum Gasteiger partial charge on any atom is -0.449 e. The van der Waals surface area contributed by atoms with Crippen LogP contribution < -0.4 is 21.3 Å². The lowest BCUT2D eigenvalue weighted by Gasteiger charge is -2.37. The van der Waals surface area contributed by atoms with Crippen LogP contribution in [-0.4, -0.2) is 103 Å².